The van der Waals surface area contributed by atoms with Crippen LogP contribution in [-0.4, -0.2) is 47.6 Å². The average molecular weight is 307 g/mol. The molecule has 21 heavy (non-hydrogen) atoms. The van der Waals surface area contributed by atoms with Gasteiger partial charge in [0, 0.05) is 41.0 Å². The molecule has 0 amide bonds. The van der Waals surface area contributed by atoms with Crippen molar-refractivity contribution in [2.75, 3.05) is 19.6 Å². The average Bonchev–Trinajstić information content (AvgIpc) is 3.05. The smallest absolute Gasteiger partial charge is 0.0249 e. The fourth-order valence-electron chi connectivity index (χ4n) is 4.17. The van der Waals surface area contributed by atoms with E-state index in [1.54, 1.807) is 4.88 Å². The molecular formula is C18H30N2S. The van der Waals surface area contributed by atoms with Crippen LogP contribution in [0.15, 0.2) is 12.1 Å². The zero-order valence-electron chi connectivity index (χ0n) is 14.0. The predicted octanol–water partition coefficient (Wildman–Crippen LogP) is 3.79. The second-order valence-corrected chi connectivity index (χ2v) is 8.74. The molecule has 0 aromatic carbocycles. The molecule has 0 saturated carbocycles. The predicted molar refractivity (Wildman–Crippen MR) is 92.1 cm³/mol. The molecule has 2 nitrogen and oxygen atoms in total. The molecule has 2 aliphatic rings. The number of rotatable bonds is 4. The van der Waals surface area contributed by atoms with Gasteiger partial charge in [-0.25, -0.2) is 0 Å². The molecule has 3 atom stereocenters. The maximum absolute atomic E-state index is 2.83. The van der Waals surface area contributed by atoms with Gasteiger partial charge in [-0.15, -0.1) is 11.3 Å². The van der Waals surface area contributed by atoms with Gasteiger partial charge in [0.2, 0.25) is 0 Å². The number of thiophene rings is 1. The van der Waals surface area contributed by atoms with Crippen molar-refractivity contribution in [3.63, 3.8) is 0 Å². The SMILES string of the molecule is Cc1ccc(CC(C)N2CC3CCCN3CC2C(C)C)s1. The van der Waals surface area contributed by atoms with Crippen LogP contribution in [0.5, 0.6) is 0 Å². The van der Waals surface area contributed by atoms with Crippen molar-refractivity contribution in [1.29, 1.82) is 0 Å². The maximum atomic E-state index is 2.83. The van der Waals surface area contributed by atoms with Crippen molar-refractivity contribution < 1.29 is 0 Å². The van der Waals surface area contributed by atoms with Crippen LogP contribution in [0.3, 0.4) is 0 Å². The molecule has 0 N–H and O–H groups in total. The lowest BCUT2D eigenvalue weighted by Gasteiger charge is -2.48. The van der Waals surface area contributed by atoms with E-state index in [-0.39, 0.29) is 0 Å². The zero-order chi connectivity index (χ0) is 15.0. The monoisotopic (exact) mass is 306 g/mol. The normalized spacial score (nSPS) is 29.0. The summed E-state index contributed by atoms with van der Waals surface area (Å²) < 4.78 is 0. The first-order valence-corrected chi connectivity index (χ1v) is 9.41. The van der Waals surface area contributed by atoms with Crippen LogP contribution in [-0.2, 0) is 6.42 Å². The highest BCUT2D eigenvalue weighted by Gasteiger charge is 2.39. The minimum Gasteiger partial charge on any atom is -0.298 e. The molecule has 118 valence electrons. The lowest BCUT2D eigenvalue weighted by molar-refractivity contribution is 0.00506. The van der Waals surface area contributed by atoms with Gasteiger partial charge in [0.1, 0.15) is 0 Å². The molecule has 3 heteroatoms. The van der Waals surface area contributed by atoms with Crippen LogP contribution in [0, 0.1) is 12.8 Å². The van der Waals surface area contributed by atoms with Crippen LogP contribution >= 0.6 is 11.3 Å². The van der Waals surface area contributed by atoms with Gasteiger partial charge in [-0.1, -0.05) is 13.8 Å². The van der Waals surface area contributed by atoms with Crippen molar-refractivity contribution in [2.24, 2.45) is 5.92 Å². The summed E-state index contributed by atoms with van der Waals surface area (Å²) in [6, 6.07) is 6.81. The Labute approximate surface area is 134 Å². The molecule has 0 spiro atoms. The quantitative estimate of drug-likeness (QED) is 0.835. The Morgan fingerprint density at radius 2 is 2.05 bits per heavy atom. The van der Waals surface area contributed by atoms with Crippen LogP contribution in [0.25, 0.3) is 0 Å². The first-order chi connectivity index (χ1) is 10.0. The van der Waals surface area contributed by atoms with Gasteiger partial charge in [0.25, 0.3) is 0 Å². The van der Waals surface area contributed by atoms with E-state index in [4.69, 9.17) is 0 Å². The van der Waals surface area contributed by atoms with Gasteiger partial charge in [-0.3, -0.25) is 9.80 Å². The van der Waals surface area contributed by atoms with Crippen molar-refractivity contribution in [3.8, 4) is 0 Å². The Bertz CT molecular complexity index is 468. The van der Waals surface area contributed by atoms with Crippen LogP contribution in [0.4, 0.5) is 0 Å². The fourth-order valence-corrected chi connectivity index (χ4v) is 5.18. The summed E-state index contributed by atoms with van der Waals surface area (Å²) in [7, 11) is 0. The standard InChI is InChI=1S/C18H30N2S/c1-13(2)18-12-19-9-5-6-16(19)11-20(18)14(3)10-17-8-7-15(4)21-17/h7-8,13-14,16,18H,5-6,9-12H2,1-4H3. The second kappa shape index (κ2) is 6.39. The van der Waals surface area contributed by atoms with Gasteiger partial charge >= 0.3 is 0 Å². The molecule has 0 bridgehead atoms. The van der Waals surface area contributed by atoms with E-state index in [0.29, 0.717) is 6.04 Å². The Hall–Kier alpha value is -0.380. The lowest BCUT2D eigenvalue weighted by atomic mass is 9.95. The van der Waals surface area contributed by atoms with Crippen molar-refractivity contribution in [1.82, 2.24) is 9.80 Å². The van der Waals surface area contributed by atoms with Crippen molar-refractivity contribution in [3.05, 3.63) is 21.9 Å². The minimum absolute atomic E-state index is 0.665. The molecule has 3 rings (SSSR count). The number of piperazine rings is 1. The largest absolute Gasteiger partial charge is 0.298 e. The molecule has 1 aromatic rings. The van der Waals surface area contributed by atoms with E-state index in [0.717, 1.165) is 18.0 Å². The Morgan fingerprint density at radius 1 is 1.24 bits per heavy atom. The summed E-state index contributed by atoms with van der Waals surface area (Å²) in [6.45, 7) is 13.4. The number of fused-ring (bicyclic) bond motifs is 1. The Kier molecular flexibility index (Phi) is 4.72. The highest BCUT2D eigenvalue weighted by atomic mass is 32.1. The molecule has 2 saturated heterocycles. The molecule has 2 fully saturated rings. The van der Waals surface area contributed by atoms with Gasteiger partial charge in [-0.2, -0.15) is 0 Å². The summed E-state index contributed by atoms with van der Waals surface area (Å²) in [5.41, 5.74) is 0. The summed E-state index contributed by atoms with van der Waals surface area (Å²) in [5, 5.41) is 0. The second-order valence-electron chi connectivity index (χ2n) is 7.36. The van der Waals surface area contributed by atoms with Gasteiger partial charge in [0.15, 0.2) is 0 Å². The third kappa shape index (κ3) is 3.35. The molecule has 3 unspecified atom stereocenters. The van der Waals surface area contributed by atoms with E-state index < -0.39 is 0 Å². The van der Waals surface area contributed by atoms with Crippen LogP contribution in [0.1, 0.15) is 43.4 Å². The molecule has 0 radical (unpaired) electrons. The molecule has 3 heterocycles. The summed E-state index contributed by atoms with van der Waals surface area (Å²) >= 11 is 1.97. The third-order valence-electron chi connectivity index (χ3n) is 5.40. The first-order valence-electron chi connectivity index (χ1n) is 8.59. The highest BCUT2D eigenvalue weighted by Crippen LogP contribution is 2.30. The zero-order valence-corrected chi connectivity index (χ0v) is 14.8. The number of nitrogens with zero attached hydrogens (tertiary/aromatic N) is 2. The van der Waals surface area contributed by atoms with Gasteiger partial charge < -0.3 is 0 Å². The van der Waals surface area contributed by atoms with Gasteiger partial charge in [-0.05, 0) is 57.7 Å². The van der Waals surface area contributed by atoms with Crippen LogP contribution < -0.4 is 0 Å². The summed E-state index contributed by atoms with van der Waals surface area (Å²) in [5.74, 6) is 0.749. The minimum atomic E-state index is 0.665. The lowest BCUT2D eigenvalue weighted by Crippen LogP contribution is -2.60. The fraction of sp³-hybridized carbons (Fsp3) is 0.778. The maximum Gasteiger partial charge on any atom is 0.0249 e. The molecular weight excluding hydrogens is 276 g/mol. The number of hydrogen-bond donors (Lipinski definition) is 0. The molecule has 2 aliphatic heterocycles. The third-order valence-corrected chi connectivity index (χ3v) is 6.42. The van der Waals surface area contributed by atoms with Crippen molar-refractivity contribution >= 4 is 11.3 Å². The summed E-state index contributed by atoms with van der Waals surface area (Å²) in [4.78, 5) is 8.57. The molecule has 1 aromatic heterocycles. The van der Waals surface area contributed by atoms with E-state index in [1.165, 1.54) is 43.8 Å². The summed E-state index contributed by atoms with van der Waals surface area (Å²) in [6.07, 6.45) is 4.03. The van der Waals surface area contributed by atoms with Gasteiger partial charge in [0.05, 0.1) is 0 Å². The first kappa shape index (κ1) is 15.5. The van der Waals surface area contributed by atoms with Crippen molar-refractivity contribution in [2.45, 2.75) is 65.1 Å². The van der Waals surface area contributed by atoms with E-state index in [9.17, 15) is 0 Å². The number of aryl methyl sites for hydroxylation is 1. The Morgan fingerprint density at radius 3 is 2.71 bits per heavy atom. The van der Waals surface area contributed by atoms with Crippen LogP contribution in [0.2, 0.25) is 0 Å². The topological polar surface area (TPSA) is 6.48 Å². The molecule has 0 aliphatic carbocycles. The number of hydrogen-bond acceptors (Lipinski definition) is 3. The van der Waals surface area contributed by atoms with E-state index in [2.05, 4.69) is 49.6 Å². The highest BCUT2D eigenvalue weighted by molar-refractivity contribution is 7.11. The Balaban J connectivity index is 1.70. The van der Waals surface area contributed by atoms with E-state index >= 15 is 0 Å². The van der Waals surface area contributed by atoms with E-state index in [1.807, 2.05) is 11.3 Å².